The molecule has 200 valence electrons. The van der Waals surface area contributed by atoms with Crippen molar-refractivity contribution in [2.24, 2.45) is 0 Å². The zero-order valence-electron chi connectivity index (χ0n) is 21.9. The third-order valence-corrected chi connectivity index (χ3v) is 7.44. The number of para-hydroxylation sites is 2. The lowest BCUT2D eigenvalue weighted by Crippen LogP contribution is -2.27. The highest BCUT2D eigenvalue weighted by molar-refractivity contribution is 8.27. The van der Waals surface area contributed by atoms with E-state index in [9.17, 15) is 9.59 Å². The second-order valence-electron chi connectivity index (χ2n) is 9.10. The SMILES string of the molecule is Cc1cccc(C)c1NC(=O)COc1cccc(/C=C2\SC(=S)N(c3ccc(Oc4ccccc4)cc3)C2=O)c1. The number of thiocarbonyl (C=S) groups is 1. The van der Waals surface area contributed by atoms with Gasteiger partial charge >= 0.3 is 0 Å². The van der Waals surface area contributed by atoms with E-state index in [-0.39, 0.29) is 18.4 Å². The molecule has 1 aliphatic heterocycles. The van der Waals surface area contributed by atoms with Crippen molar-refractivity contribution in [1.29, 1.82) is 0 Å². The highest BCUT2D eigenvalue weighted by Crippen LogP contribution is 2.37. The number of hydrogen-bond acceptors (Lipinski definition) is 6. The van der Waals surface area contributed by atoms with Gasteiger partial charge in [0.25, 0.3) is 11.8 Å². The lowest BCUT2D eigenvalue weighted by molar-refractivity contribution is -0.118. The van der Waals surface area contributed by atoms with Crippen LogP contribution in [0.2, 0.25) is 0 Å². The summed E-state index contributed by atoms with van der Waals surface area (Å²) in [5.74, 6) is 1.47. The third kappa shape index (κ3) is 6.42. The Hall–Kier alpha value is -4.40. The second-order valence-corrected chi connectivity index (χ2v) is 10.8. The van der Waals surface area contributed by atoms with E-state index in [0.29, 0.717) is 26.4 Å². The summed E-state index contributed by atoms with van der Waals surface area (Å²) < 4.78 is 12.0. The second kappa shape index (κ2) is 12.2. The summed E-state index contributed by atoms with van der Waals surface area (Å²) in [5, 5.41) is 2.92. The molecular formula is C32H26N2O4S2. The first-order chi connectivity index (χ1) is 19.4. The molecule has 6 nitrogen and oxygen atoms in total. The van der Waals surface area contributed by atoms with Crippen molar-refractivity contribution in [3.05, 3.63) is 119 Å². The number of amides is 2. The minimum atomic E-state index is -0.246. The molecule has 1 fully saturated rings. The predicted molar refractivity (Wildman–Crippen MR) is 165 cm³/mol. The van der Waals surface area contributed by atoms with Crippen LogP contribution in [0.3, 0.4) is 0 Å². The molecule has 4 aromatic rings. The van der Waals surface area contributed by atoms with Gasteiger partial charge in [-0.25, -0.2) is 0 Å². The Kier molecular flexibility index (Phi) is 8.28. The van der Waals surface area contributed by atoms with Crippen LogP contribution in [0.5, 0.6) is 17.2 Å². The molecule has 0 aromatic heterocycles. The van der Waals surface area contributed by atoms with Gasteiger partial charge in [0, 0.05) is 5.69 Å². The first kappa shape index (κ1) is 27.2. The van der Waals surface area contributed by atoms with Crippen LogP contribution in [0.25, 0.3) is 6.08 Å². The number of hydrogen-bond donors (Lipinski definition) is 1. The minimum Gasteiger partial charge on any atom is -0.484 e. The van der Waals surface area contributed by atoms with Crippen LogP contribution in [0, 0.1) is 13.8 Å². The first-order valence-corrected chi connectivity index (χ1v) is 13.8. The fraction of sp³-hybridized carbons (Fsp3) is 0.0938. The molecule has 0 saturated carbocycles. The van der Waals surface area contributed by atoms with Gasteiger partial charge in [0.2, 0.25) is 0 Å². The maximum Gasteiger partial charge on any atom is 0.270 e. The molecular weight excluding hydrogens is 540 g/mol. The summed E-state index contributed by atoms with van der Waals surface area (Å²) in [6.07, 6.45) is 1.77. The van der Waals surface area contributed by atoms with Gasteiger partial charge in [0.1, 0.15) is 17.2 Å². The Morgan fingerprint density at radius 3 is 2.25 bits per heavy atom. The highest BCUT2D eigenvalue weighted by Gasteiger charge is 2.33. The lowest BCUT2D eigenvalue weighted by Gasteiger charge is -2.15. The molecule has 5 rings (SSSR count). The van der Waals surface area contributed by atoms with E-state index in [0.717, 1.165) is 28.1 Å². The number of thioether (sulfide) groups is 1. The minimum absolute atomic E-state index is 0.136. The van der Waals surface area contributed by atoms with Crippen LogP contribution in [0.15, 0.2) is 102 Å². The van der Waals surface area contributed by atoms with Gasteiger partial charge in [-0.3, -0.25) is 14.5 Å². The van der Waals surface area contributed by atoms with E-state index in [1.54, 1.807) is 18.2 Å². The van der Waals surface area contributed by atoms with E-state index >= 15 is 0 Å². The summed E-state index contributed by atoms with van der Waals surface area (Å²) in [7, 11) is 0. The Morgan fingerprint density at radius 2 is 1.52 bits per heavy atom. The van der Waals surface area contributed by atoms with Crippen molar-refractivity contribution in [3.8, 4) is 17.2 Å². The smallest absolute Gasteiger partial charge is 0.270 e. The van der Waals surface area contributed by atoms with E-state index in [2.05, 4.69) is 5.32 Å². The summed E-state index contributed by atoms with van der Waals surface area (Å²) in [5.41, 5.74) is 4.21. The highest BCUT2D eigenvalue weighted by atomic mass is 32.2. The zero-order chi connectivity index (χ0) is 28.1. The van der Waals surface area contributed by atoms with E-state index < -0.39 is 0 Å². The molecule has 1 heterocycles. The number of nitrogens with zero attached hydrogens (tertiary/aromatic N) is 1. The maximum atomic E-state index is 13.3. The molecule has 0 aliphatic carbocycles. The van der Waals surface area contributed by atoms with Crippen LogP contribution >= 0.6 is 24.0 Å². The maximum absolute atomic E-state index is 13.3. The molecule has 1 saturated heterocycles. The Morgan fingerprint density at radius 1 is 0.875 bits per heavy atom. The van der Waals surface area contributed by atoms with Crippen molar-refractivity contribution in [1.82, 2.24) is 0 Å². The Balaban J connectivity index is 1.23. The van der Waals surface area contributed by atoms with Gasteiger partial charge in [-0.15, -0.1) is 0 Å². The van der Waals surface area contributed by atoms with Crippen molar-refractivity contribution in [2.75, 3.05) is 16.8 Å². The normalized spacial score (nSPS) is 13.9. The summed E-state index contributed by atoms with van der Waals surface area (Å²) in [6, 6.07) is 29.8. The van der Waals surface area contributed by atoms with Crippen molar-refractivity contribution in [2.45, 2.75) is 13.8 Å². The number of nitrogens with one attached hydrogen (secondary N) is 1. The number of carbonyl (C=O) groups is 2. The number of benzene rings is 4. The monoisotopic (exact) mass is 566 g/mol. The van der Waals surface area contributed by atoms with Gasteiger partial charge in [-0.05, 0) is 85.1 Å². The first-order valence-electron chi connectivity index (χ1n) is 12.6. The molecule has 2 amide bonds. The largest absolute Gasteiger partial charge is 0.484 e. The summed E-state index contributed by atoms with van der Waals surface area (Å²) in [4.78, 5) is 27.8. The van der Waals surface area contributed by atoms with E-state index in [1.807, 2.05) is 98.8 Å². The molecule has 0 radical (unpaired) electrons. The molecule has 0 atom stereocenters. The Labute approximate surface area is 242 Å². The van der Waals surface area contributed by atoms with E-state index in [1.165, 1.54) is 16.7 Å². The molecule has 4 aromatic carbocycles. The Bertz CT molecular complexity index is 1580. The van der Waals surface area contributed by atoms with Crippen LogP contribution in [0.1, 0.15) is 16.7 Å². The third-order valence-electron chi connectivity index (χ3n) is 6.14. The van der Waals surface area contributed by atoms with Crippen LogP contribution in [-0.2, 0) is 9.59 Å². The number of carbonyl (C=O) groups excluding carboxylic acids is 2. The molecule has 1 aliphatic rings. The average Bonchev–Trinajstić information content (AvgIpc) is 3.23. The van der Waals surface area contributed by atoms with Crippen LogP contribution < -0.4 is 19.7 Å². The summed E-state index contributed by atoms with van der Waals surface area (Å²) in [6.45, 7) is 3.76. The van der Waals surface area contributed by atoms with Gasteiger partial charge in [-0.1, -0.05) is 72.5 Å². The number of ether oxygens (including phenoxy) is 2. The predicted octanol–water partition coefficient (Wildman–Crippen LogP) is 7.52. The number of rotatable bonds is 8. The average molecular weight is 567 g/mol. The lowest BCUT2D eigenvalue weighted by atomic mass is 10.1. The zero-order valence-corrected chi connectivity index (χ0v) is 23.6. The van der Waals surface area contributed by atoms with Crippen molar-refractivity contribution >= 4 is 57.6 Å². The molecule has 1 N–H and O–H groups in total. The van der Waals surface area contributed by atoms with Gasteiger partial charge < -0.3 is 14.8 Å². The summed E-state index contributed by atoms with van der Waals surface area (Å²) >= 11 is 6.76. The standard InChI is InChI=1S/C32H26N2O4S2/c1-21-8-6-9-22(2)30(21)33-29(35)20-37-27-13-7-10-23(18-27)19-28-31(36)34(32(39)40-28)24-14-16-26(17-15-24)38-25-11-4-3-5-12-25/h3-19H,20H2,1-2H3,(H,33,35)/b28-19-. The van der Waals surface area contributed by atoms with Crippen LogP contribution in [0.4, 0.5) is 11.4 Å². The topological polar surface area (TPSA) is 67.9 Å². The molecule has 0 unspecified atom stereocenters. The fourth-order valence-corrected chi connectivity index (χ4v) is 5.46. The van der Waals surface area contributed by atoms with Crippen LogP contribution in [-0.4, -0.2) is 22.7 Å². The van der Waals surface area contributed by atoms with Crippen molar-refractivity contribution in [3.63, 3.8) is 0 Å². The number of anilines is 2. The number of aryl methyl sites for hydroxylation is 2. The molecule has 0 bridgehead atoms. The van der Waals surface area contributed by atoms with Gasteiger partial charge in [0.05, 0.1) is 10.6 Å². The molecule has 40 heavy (non-hydrogen) atoms. The van der Waals surface area contributed by atoms with E-state index in [4.69, 9.17) is 21.7 Å². The van der Waals surface area contributed by atoms with Gasteiger partial charge in [0.15, 0.2) is 10.9 Å². The van der Waals surface area contributed by atoms with Crippen molar-refractivity contribution < 1.29 is 19.1 Å². The molecule has 8 heteroatoms. The fourth-order valence-electron chi connectivity index (χ4n) is 4.16. The van der Waals surface area contributed by atoms with Gasteiger partial charge in [-0.2, -0.15) is 0 Å². The quantitative estimate of drug-likeness (QED) is 0.176. The molecule has 0 spiro atoms.